The van der Waals surface area contributed by atoms with Gasteiger partial charge in [-0.05, 0) is 56.2 Å². The summed E-state index contributed by atoms with van der Waals surface area (Å²) < 4.78 is 5.61. The second-order valence-corrected chi connectivity index (χ2v) is 5.96. The lowest BCUT2D eigenvalue weighted by Crippen LogP contribution is -2.32. The van der Waals surface area contributed by atoms with Crippen molar-refractivity contribution in [1.82, 2.24) is 5.32 Å². The van der Waals surface area contributed by atoms with Gasteiger partial charge in [0.15, 0.2) is 0 Å². The first-order valence-electron chi connectivity index (χ1n) is 8.00. The predicted octanol–water partition coefficient (Wildman–Crippen LogP) is 3.64. The van der Waals surface area contributed by atoms with Gasteiger partial charge in [0.25, 0.3) is 0 Å². The molecule has 3 N–H and O–H groups in total. The van der Waals surface area contributed by atoms with Gasteiger partial charge in [-0.15, -0.1) is 0 Å². The number of aliphatic hydroxyl groups is 1. The maximum Gasteiger partial charge on any atom is 0.319 e. The Kier molecular flexibility index (Phi) is 6.21. The molecule has 0 saturated heterocycles. The Labute approximate surface area is 142 Å². The third kappa shape index (κ3) is 5.59. The summed E-state index contributed by atoms with van der Waals surface area (Å²) in [6, 6.07) is 14.4. The van der Waals surface area contributed by atoms with Crippen molar-refractivity contribution in [2.24, 2.45) is 0 Å². The fourth-order valence-electron chi connectivity index (χ4n) is 2.27. The highest BCUT2D eigenvalue weighted by Crippen LogP contribution is 2.20. The highest BCUT2D eigenvalue weighted by molar-refractivity contribution is 5.89. The van der Waals surface area contributed by atoms with E-state index in [1.165, 1.54) is 0 Å². The zero-order valence-electron chi connectivity index (χ0n) is 14.2. The normalized spacial score (nSPS) is 11.9. The van der Waals surface area contributed by atoms with Crippen molar-refractivity contribution in [3.8, 4) is 5.75 Å². The number of aliphatic hydroxyl groups excluding tert-OH is 1. The van der Waals surface area contributed by atoms with E-state index in [1.807, 2.05) is 57.2 Å². The molecule has 0 aromatic heterocycles. The molecule has 5 nitrogen and oxygen atoms in total. The number of urea groups is 1. The molecule has 1 atom stereocenters. The Hall–Kier alpha value is -2.53. The van der Waals surface area contributed by atoms with Crippen LogP contribution in [0, 0.1) is 6.92 Å². The number of benzene rings is 2. The maximum absolute atomic E-state index is 11.9. The average molecular weight is 328 g/mol. The van der Waals surface area contributed by atoms with E-state index in [-0.39, 0.29) is 18.7 Å². The average Bonchev–Trinajstić information content (AvgIpc) is 2.52. The Bertz CT molecular complexity index is 686. The van der Waals surface area contributed by atoms with E-state index in [9.17, 15) is 9.90 Å². The number of amides is 2. The molecule has 24 heavy (non-hydrogen) atoms. The fraction of sp³-hybridized carbons (Fsp3) is 0.316. The minimum Gasteiger partial charge on any atom is -0.491 e. The number of carbonyl (C=O) groups is 1. The molecule has 0 aliphatic heterocycles. The quantitative estimate of drug-likeness (QED) is 0.758. The summed E-state index contributed by atoms with van der Waals surface area (Å²) in [5, 5.41) is 15.6. The molecule has 1 unspecified atom stereocenters. The van der Waals surface area contributed by atoms with Crippen LogP contribution >= 0.6 is 0 Å². The van der Waals surface area contributed by atoms with Crippen molar-refractivity contribution in [1.29, 1.82) is 0 Å². The molecule has 0 heterocycles. The van der Waals surface area contributed by atoms with Crippen LogP contribution in [0.3, 0.4) is 0 Å². The lowest BCUT2D eigenvalue weighted by Gasteiger charge is -2.15. The van der Waals surface area contributed by atoms with Gasteiger partial charge in [0.1, 0.15) is 5.75 Å². The molecule has 0 bridgehead atoms. The Morgan fingerprint density at radius 2 is 1.92 bits per heavy atom. The molecule has 0 aliphatic rings. The number of hydrogen-bond donors (Lipinski definition) is 3. The monoisotopic (exact) mass is 328 g/mol. The first kappa shape index (κ1) is 17.8. The van der Waals surface area contributed by atoms with Gasteiger partial charge < -0.3 is 20.5 Å². The summed E-state index contributed by atoms with van der Waals surface area (Å²) in [7, 11) is 0. The van der Waals surface area contributed by atoms with Crippen LogP contribution in [0.15, 0.2) is 48.5 Å². The molecular formula is C19H24N2O3. The number of anilines is 1. The topological polar surface area (TPSA) is 70.6 Å². The van der Waals surface area contributed by atoms with Crippen LogP contribution in [0.2, 0.25) is 0 Å². The molecule has 0 aliphatic carbocycles. The van der Waals surface area contributed by atoms with Crippen LogP contribution < -0.4 is 15.4 Å². The summed E-state index contributed by atoms with van der Waals surface area (Å²) in [4.78, 5) is 11.9. The molecule has 0 radical (unpaired) electrons. The molecule has 0 saturated carbocycles. The second kappa shape index (κ2) is 8.36. The van der Waals surface area contributed by atoms with E-state index in [4.69, 9.17) is 4.74 Å². The van der Waals surface area contributed by atoms with Gasteiger partial charge in [0, 0.05) is 12.2 Å². The Morgan fingerprint density at radius 3 is 2.62 bits per heavy atom. The highest BCUT2D eigenvalue weighted by Gasteiger charge is 2.11. The molecule has 2 amide bonds. The van der Waals surface area contributed by atoms with Crippen LogP contribution in [0.25, 0.3) is 0 Å². The minimum absolute atomic E-state index is 0.0654. The van der Waals surface area contributed by atoms with Gasteiger partial charge in [0.2, 0.25) is 0 Å². The summed E-state index contributed by atoms with van der Waals surface area (Å²) in [6.07, 6.45) is -0.736. The van der Waals surface area contributed by atoms with E-state index < -0.39 is 6.10 Å². The summed E-state index contributed by atoms with van der Waals surface area (Å²) in [5.41, 5.74) is 2.48. The van der Waals surface area contributed by atoms with Crippen LogP contribution in [0.4, 0.5) is 10.5 Å². The first-order chi connectivity index (χ1) is 11.4. The molecule has 2 aromatic carbocycles. The van der Waals surface area contributed by atoms with E-state index in [0.717, 1.165) is 5.56 Å². The zero-order chi connectivity index (χ0) is 17.5. The van der Waals surface area contributed by atoms with Gasteiger partial charge in [-0.25, -0.2) is 4.79 Å². The predicted molar refractivity (Wildman–Crippen MR) is 95.4 cm³/mol. The van der Waals surface area contributed by atoms with E-state index in [1.54, 1.807) is 12.1 Å². The number of rotatable bonds is 6. The van der Waals surface area contributed by atoms with Gasteiger partial charge in [-0.1, -0.05) is 24.3 Å². The van der Waals surface area contributed by atoms with E-state index in [0.29, 0.717) is 17.0 Å². The lowest BCUT2D eigenvalue weighted by atomic mass is 10.1. The molecule has 0 spiro atoms. The van der Waals surface area contributed by atoms with Crippen LogP contribution in [-0.4, -0.2) is 23.8 Å². The van der Waals surface area contributed by atoms with Crippen LogP contribution in [0.5, 0.6) is 5.75 Å². The molecular weight excluding hydrogens is 304 g/mol. The van der Waals surface area contributed by atoms with Gasteiger partial charge in [-0.2, -0.15) is 0 Å². The third-order valence-electron chi connectivity index (χ3n) is 3.35. The highest BCUT2D eigenvalue weighted by atomic mass is 16.5. The first-order valence-corrected chi connectivity index (χ1v) is 8.00. The van der Waals surface area contributed by atoms with Crippen molar-refractivity contribution in [2.45, 2.75) is 33.0 Å². The van der Waals surface area contributed by atoms with E-state index in [2.05, 4.69) is 10.6 Å². The largest absolute Gasteiger partial charge is 0.491 e. The summed E-state index contributed by atoms with van der Waals surface area (Å²) in [5.74, 6) is 0.700. The summed E-state index contributed by atoms with van der Waals surface area (Å²) in [6.45, 7) is 5.96. The minimum atomic E-state index is -0.802. The molecule has 2 rings (SSSR count). The van der Waals surface area contributed by atoms with Gasteiger partial charge >= 0.3 is 6.03 Å². The number of hydrogen-bond acceptors (Lipinski definition) is 3. The molecule has 5 heteroatoms. The molecule has 2 aromatic rings. The zero-order valence-corrected chi connectivity index (χ0v) is 14.2. The van der Waals surface area contributed by atoms with Crippen molar-refractivity contribution in [3.05, 3.63) is 59.7 Å². The Morgan fingerprint density at radius 1 is 1.17 bits per heavy atom. The van der Waals surface area contributed by atoms with Crippen molar-refractivity contribution in [2.75, 3.05) is 11.9 Å². The SMILES string of the molecule is Cc1cccc(NC(=O)NCC(O)c2cccc(OC(C)C)c2)c1. The van der Waals surface area contributed by atoms with Crippen LogP contribution in [-0.2, 0) is 0 Å². The smallest absolute Gasteiger partial charge is 0.319 e. The van der Waals surface area contributed by atoms with E-state index >= 15 is 0 Å². The molecule has 128 valence electrons. The number of ether oxygens (including phenoxy) is 1. The Balaban J connectivity index is 1.88. The number of aryl methyl sites for hydroxylation is 1. The van der Waals surface area contributed by atoms with Gasteiger partial charge in [0.05, 0.1) is 12.2 Å². The standard InChI is InChI=1S/C19H24N2O3/c1-13(2)24-17-9-5-7-15(11-17)18(22)12-20-19(23)21-16-8-4-6-14(3)10-16/h4-11,13,18,22H,12H2,1-3H3,(H2,20,21,23). The summed E-state index contributed by atoms with van der Waals surface area (Å²) >= 11 is 0. The third-order valence-corrected chi connectivity index (χ3v) is 3.35. The van der Waals surface area contributed by atoms with Crippen LogP contribution in [0.1, 0.15) is 31.1 Å². The van der Waals surface area contributed by atoms with Crippen molar-refractivity contribution in [3.63, 3.8) is 0 Å². The maximum atomic E-state index is 11.9. The van der Waals surface area contributed by atoms with Crippen molar-refractivity contribution < 1.29 is 14.6 Å². The lowest BCUT2D eigenvalue weighted by molar-refractivity contribution is 0.174. The number of carbonyl (C=O) groups excluding carboxylic acids is 1. The van der Waals surface area contributed by atoms with Crippen molar-refractivity contribution >= 4 is 11.7 Å². The van der Waals surface area contributed by atoms with Gasteiger partial charge in [-0.3, -0.25) is 0 Å². The number of nitrogens with one attached hydrogen (secondary N) is 2. The fourth-order valence-corrected chi connectivity index (χ4v) is 2.27. The molecule has 0 fully saturated rings. The second-order valence-electron chi connectivity index (χ2n) is 5.96.